The van der Waals surface area contributed by atoms with Gasteiger partial charge in [0.1, 0.15) is 5.82 Å². The van der Waals surface area contributed by atoms with Gasteiger partial charge in [-0.15, -0.1) is 0 Å². The van der Waals surface area contributed by atoms with Crippen LogP contribution in [0.25, 0.3) is 0 Å². The van der Waals surface area contributed by atoms with E-state index in [-0.39, 0.29) is 0 Å². The Labute approximate surface area is 193 Å². The Balaban J connectivity index is 0.000000259. The topological polar surface area (TPSA) is 19.4 Å². The van der Waals surface area contributed by atoms with Crippen LogP contribution in [0, 0.1) is 24.2 Å². The van der Waals surface area contributed by atoms with E-state index < -0.39 is 0 Å². The number of aromatic nitrogens is 1. The van der Waals surface area contributed by atoms with Crippen LogP contribution in [-0.4, -0.2) is 42.1 Å². The number of nitrogens with zero attached hydrogens (tertiary/aromatic N) is 3. The second-order valence-electron chi connectivity index (χ2n) is 11.1. The zero-order valence-electron chi connectivity index (χ0n) is 21.2. The molecule has 2 aliphatic heterocycles. The lowest BCUT2D eigenvalue weighted by molar-refractivity contribution is 0.0305. The predicted octanol–water partition coefficient (Wildman–Crippen LogP) is 7.09. The minimum atomic E-state index is 0.640. The lowest BCUT2D eigenvalue weighted by Crippen LogP contribution is -2.51. The number of likely N-dealkylation sites (tertiary alicyclic amines) is 1. The summed E-state index contributed by atoms with van der Waals surface area (Å²) in [4.78, 5) is 9.88. The molecule has 0 amide bonds. The highest BCUT2D eigenvalue weighted by atomic mass is 15.2. The molecular weight excluding hydrogens is 378 g/mol. The maximum Gasteiger partial charge on any atom is 0.128 e. The minimum Gasteiger partial charge on any atom is -0.357 e. The van der Waals surface area contributed by atoms with Gasteiger partial charge in [-0.25, -0.2) is 4.98 Å². The molecule has 3 nitrogen and oxygen atoms in total. The van der Waals surface area contributed by atoms with Crippen molar-refractivity contribution in [1.82, 2.24) is 9.88 Å². The maximum absolute atomic E-state index is 4.61. The predicted molar refractivity (Wildman–Crippen MR) is 135 cm³/mol. The van der Waals surface area contributed by atoms with Crippen LogP contribution in [0.15, 0.2) is 18.3 Å². The summed E-state index contributed by atoms with van der Waals surface area (Å²) in [5.74, 6) is 3.03. The Morgan fingerprint density at radius 2 is 1.52 bits per heavy atom. The highest BCUT2D eigenvalue weighted by Crippen LogP contribution is 2.43. The molecule has 31 heavy (non-hydrogen) atoms. The average molecular weight is 428 g/mol. The van der Waals surface area contributed by atoms with Crippen molar-refractivity contribution in [2.24, 2.45) is 17.3 Å². The second-order valence-corrected chi connectivity index (χ2v) is 11.1. The van der Waals surface area contributed by atoms with Crippen LogP contribution in [0.3, 0.4) is 0 Å². The van der Waals surface area contributed by atoms with Gasteiger partial charge < -0.3 is 9.80 Å². The molecule has 1 saturated carbocycles. The van der Waals surface area contributed by atoms with E-state index in [1.165, 1.54) is 102 Å². The summed E-state index contributed by atoms with van der Waals surface area (Å²) in [7, 11) is 0. The molecule has 1 spiro atoms. The number of hydrogen-bond donors (Lipinski definition) is 0. The average Bonchev–Trinajstić information content (AvgIpc) is 2.76. The zero-order valence-corrected chi connectivity index (χ0v) is 21.2. The number of aryl methyl sites for hydroxylation is 1. The molecule has 0 bridgehead atoms. The van der Waals surface area contributed by atoms with Crippen LogP contribution in [0.4, 0.5) is 5.82 Å². The van der Waals surface area contributed by atoms with Crippen LogP contribution in [0.5, 0.6) is 0 Å². The summed E-state index contributed by atoms with van der Waals surface area (Å²) >= 11 is 0. The van der Waals surface area contributed by atoms with Crippen LogP contribution in [-0.2, 0) is 0 Å². The smallest absolute Gasteiger partial charge is 0.128 e. The number of rotatable bonds is 6. The van der Waals surface area contributed by atoms with E-state index in [9.17, 15) is 0 Å². The van der Waals surface area contributed by atoms with Gasteiger partial charge in [0.05, 0.1) is 0 Å². The molecule has 1 aromatic rings. The van der Waals surface area contributed by atoms with Gasteiger partial charge in [0.2, 0.25) is 0 Å². The Hall–Kier alpha value is -1.09. The van der Waals surface area contributed by atoms with Crippen LogP contribution in [0.2, 0.25) is 0 Å². The van der Waals surface area contributed by atoms with Crippen molar-refractivity contribution in [3.8, 4) is 0 Å². The van der Waals surface area contributed by atoms with Crippen molar-refractivity contribution in [3.63, 3.8) is 0 Å². The third-order valence-electron chi connectivity index (χ3n) is 8.69. The summed E-state index contributed by atoms with van der Waals surface area (Å²) in [6.07, 6.45) is 16.0. The Bertz CT molecular complexity index is 610. The van der Waals surface area contributed by atoms with E-state index >= 15 is 0 Å². The Kier molecular flexibility index (Phi) is 9.25. The fraction of sp³-hybridized carbons (Fsp3) is 0.821. The molecule has 3 aliphatic rings. The third-order valence-corrected chi connectivity index (χ3v) is 8.69. The van der Waals surface area contributed by atoms with Gasteiger partial charge in [0.25, 0.3) is 0 Å². The van der Waals surface area contributed by atoms with Crippen LogP contribution in [0.1, 0.15) is 97.5 Å². The van der Waals surface area contributed by atoms with Gasteiger partial charge in [-0.1, -0.05) is 53.0 Å². The molecule has 176 valence electrons. The first-order valence-corrected chi connectivity index (χ1v) is 13.4. The normalized spacial score (nSPS) is 23.6. The van der Waals surface area contributed by atoms with Crippen molar-refractivity contribution < 1.29 is 0 Å². The number of piperidine rings is 2. The van der Waals surface area contributed by atoms with Gasteiger partial charge in [-0.3, -0.25) is 0 Å². The van der Waals surface area contributed by atoms with E-state index in [0.29, 0.717) is 5.41 Å². The molecule has 3 heterocycles. The van der Waals surface area contributed by atoms with Gasteiger partial charge >= 0.3 is 0 Å². The third kappa shape index (κ3) is 6.94. The van der Waals surface area contributed by atoms with E-state index in [4.69, 9.17) is 0 Å². The lowest BCUT2D eigenvalue weighted by Gasteiger charge is -2.50. The molecule has 2 unspecified atom stereocenters. The quantitative estimate of drug-likeness (QED) is 0.483. The van der Waals surface area contributed by atoms with Crippen LogP contribution >= 0.6 is 0 Å². The lowest BCUT2D eigenvalue weighted by atomic mass is 9.70. The highest BCUT2D eigenvalue weighted by molar-refractivity contribution is 5.39. The maximum atomic E-state index is 4.61. The monoisotopic (exact) mass is 427 g/mol. The van der Waals surface area contributed by atoms with E-state index in [1.54, 1.807) is 0 Å². The SMILES string of the molecule is CCC(C)CC(C)CC.Cc1ccc(N2CCC3(CC2)CCN(C2CCC2)CC3)nc1. The molecule has 4 rings (SSSR count). The summed E-state index contributed by atoms with van der Waals surface area (Å²) in [5, 5.41) is 0. The highest BCUT2D eigenvalue weighted by Gasteiger charge is 2.39. The first kappa shape index (κ1) is 24.6. The molecule has 0 aromatic carbocycles. The molecule has 0 N–H and O–H groups in total. The van der Waals surface area contributed by atoms with Crippen molar-refractivity contribution in [1.29, 1.82) is 0 Å². The van der Waals surface area contributed by atoms with Crippen molar-refractivity contribution in [2.75, 3.05) is 31.1 Å². The molecule has 3 heteroatoms. The van der Waals surface area contributed by atoms with E-state index in [0.717, 1.165) is 17.9 Å². The molecule has 1 aliphatic carbocycles. The zero-order chi connectivity index (χ0) is 22.3. The fourth-order valence-electron chi connectivity index (χ4n) is 5.49. The van der Waals surface area contributed by atoms with Gasteiger partial charge in [-0.2, -0.15) is 0 Å². The summed E-state index contributed by atoms with van der Waals surface area (Å²) in [6.45, 7) is 16.4. The van der Waals surface area contributed by atoms with Crippen molar-refractivity contribution in [3.05, 3.63) is 23.9 Å². The first-order chi connectivity index (χ1) is 14.9. The summed E-state index contributed by atoms with van der Waals surface area (Å²) in [6, 6.07) is 5.31. The number of pyridine rings is 1. The molecule has 2 saturated heterocycles. The van der Waals surface area contributed by atoms with Crippen molar-refractivity contribution in [2.45, 2.75) is 105 Å². The molecular formula is C28H49N3. The first-order valence-electron chi connectivity index (χ1n) is 13.4. The largest absolute Gasteiger partial charge is 0.357 e. The standard InChI is InChI=1S/C19H29N3.C9H20/c1-16-5-6-18(20-15-16)22-13-9-19(10-14-22)7-11-21(12-8-19)17-3-2-4-17;1-5-8(3)7-9(4)6-2/h5-6,15,17H,2-4,7-14H2,1H3;8-9H,5-7H2,1-4H3. The second kappa shape index (κ2) is 11.7. The van der Waals surface area contributed by atoms with Gasteiger partial charge in [0, 0.05) is 25.3 Å². The number of anilines is 1. The van der Waals surface area contributed by atoms with Gasteiger partial charge in [0.15, 0.2) is 0 Å². The van der Waals surface area contributed by atoms with E-state index in [2.05, 4.69) is 61.5 Å². The van der Waals surface area contributed by atoms with Gasteiger partial charge in [-0.05, 0) is 93.8 Å². The summed E-state index contributed by atoms with van der Waals surface area (Å²) in [5.41, 5.74) is 1.89. The minimum absolute atomic E-state index is 0.640. The molecule has 2 atom stereocenters. The van der Waals surface area contributed by atoms with Crippen LogP contribution < -0.4 is 4.90 Å². The van der Waals surface area contributed by atoms with Crippen molar-refractivity contribution >= 4 is 5.82 Å². The molecule has 0 radical (unpaired) electrons. The fourth-order valence-corrected chi connectivity index (χ4v) is 5.49. The molecule has 1 aromatic heterocycles. The Morgan fingerprint density at radius 1 is 0.935 bits per heavy atom. The number of hydrogen-bond acceptors (Lipinski definition) is 3. The summed E-state index contributed by atoms with van der Waals surface area (Å²) < 4.78 is 0. The molecule has 3 fully saturated rings. The Morgan fingerprint density at radius 3 is 1.97 bits per heavy atom. The van der Waals surface area contributed by atoms with E-state index in [1.807, 2.05) is 6.20 Å².